The third-order valence-corrected chi connectivity index (χ3v) is 2.36. The van der Waals surface area contributed by atoms with Gasteiger partial charge in [-0.2, -0.15) is 0 Å². The van der Waals surface area contributed by atoms with Crippen LogP contribution in [0.1, 0.15) is 12.0 Å². The van der Waals surface area contributed by atoms with E-state index in [1.807, 2.05) is 18.2 Å². The van der Waals surface area contributed by atoms with E-state index in [2.05, 4.69) is 17.3 Å². The number of hydrogen-bond acceptors (Lipinski definition) is 3. The van der Waals surface area contributed by atoms with Gasteiger partial charge < -0.3 is 10.6 Å². The molecule has 1 aliphatic heterocycles. The molecule has 0 aromatic heterocycles. The van der Waals surface area contributed by atoms with E-state index in [0.717, 1.165) is 18.6 Å². The topological polar surface area (TPSA) is 47.6 Å². The fraction of sp³-hybridized carbons (Fsp3) is 0.364. The second kappa shape index (κ2) is 4.24. The van der Waals surface area contributed by atoms with Crippen LogP contribution in [0.2, 0.25) is 0 Å². The molecule has 0 fully saturated rings. The summed E-state index contributed by atoms with van der Waals surface area (Å²) in [5.74, 6) is 0. The van der Waals surface area contributed by atoms with Gasteiger partial charge in [0.25, 0.3) is 0 Å². The number of benzene rings is 1. The van der Waals surface area contributed by atoms with Crippen molar-refractivity contribution in [1.29, 1.82) is 0 Å². The molecular weight excluding hydrogens is 176 g/mol. The van der Waals surface area contributed by atoms with Gasteiger partial charge in [0.1, 0.15) is 6.61 Å². The zero-order chi connectivity index (χ0) is 9.80. The average molecular weight is 190 g/mol. The van der Waals surface area contributed by atoms with E-state index in [4.69, 9.17) is 10.6 Å². The highest BCUT2D eigenvalue weighted by atomic mass is 16.6. The molecule has 0 radical (unpaired) electrons. The summed E-state index contributed by atoms with van der Waals surface area (Å²) in [6, 6.07) is 10.2. The number of nitrogens with zero attached hydrogens (tertiary/aromatic N) is 1. The summed E-state index contributed by atoms with van der Waals surface area (Å²) in [6.45, 7) is 0.678. The molecule has 0 saturated carbocycles. The summed E-state index contributed by atoms with van der Waals surface area (Å²) in [5, 5.41) is 3.92. The SMILES string of the molecule is NC(Cc1ccccc1)C1=NOCC1. The lowest BCUT2D eigenvalue weighted by molar-refractivity contribution is 0.173. The predicted octanol–water partition coefficient (Wildman–Crippen LogP) is 1.33. The molecule has 2 N–H and O–H groups in total. The van der Waals surface area contributed by atoms with E-state index in [-0.39, 0.29) is 6.04 Å². The van der Waals surface area contributed by atoms with Gasteiger partial charge in [-0.3, -0.25) is 0 Å². The molecule has 2 rings (SSSR count). The van der Waals surface area contributed by atoms with Gasteiger partial charge in [-0.25, -0.2) is 0 Å². The van der Waals surface area contributed by atoms with Crippen LogP contribution in [-0.2, 0) is 11.3 Å². The van der Waals surface area contributed by atoms with Crippen LogP contribution in [0.3, 0.4) is 0 Å². The maximum absolute atomic E-state index is 6.00. The normalized spacial score (nSPS) is 17.4. The third-order valence-electron chi connectivity index (χ3n) is 2.36. The monoisotopic (exact) mass is 190 g/mol. The molecule has 74 valence electrons. The third kappa shape index (κ3) is 2.12. The van der Waals surface area contributed by atoms with E-state index in [0.29, 0.717) is 6.61 Å². The Hall–Kier alpha value is -1.35. The maximum atomic E-state index is 6.00. The lowest BCUT2D eigenvalue weighted by atomic mass is 10.0. The fourth-order valence-electron chi connectivity index (χ4n) is 1.56. The molecule has 0 aliphatic carbocycles. The van der Waals surface area contributed by atoms with Crippen molar-refractivity contribution in [2.75, 3.05) is 6.61 Å². The fourth-order valence-corrected chi connectivity index (χ4v) is 1.56. The largest absolute Gasteiger partial charge is 0.395 e. The van der Waals surface area contributed by atoms with Gasteiger partial charge in [0.05, 0.1) is 11.8 Å². The van der Waals surface area contributed by atoms with E-state index in [1.165, 1.54) is 5.56 Å². The summed E-state index contributed by atoms with van der Waals surface area (Å²) in [5.41, 5.74) is 8.23. The van der Waals surface area contributed by atoms with Crippen molar-refractivity contribution in [2.45, 2.75) is 18.9 Å². The van der Waals surface area contributed by atoms with Crippen molar-refractivity contribution < 1.29 is 4.84 Å². The summed E-state index contributed by atoms with van der Waals surface area (Å²) in [4.78, 5) is 4.92. The van der Waals surface area contributed by atoms with Crippen molar-refractivity contribution in [3.8, 4) is 0 Å². The minimum absolute atomic E-state index is 0.0000926. The van der Waals surface area contributed by atoms with E-state index in [9.17, 15) is 0 Å². The summed E-state index contributed by atoms with van der Waals surface area (Å²) in [7, 11) is 0. The van der Waals surface area contributed by atoms with Crippen molar-refractivity contribution in [2.24, 2.45) is 10.9 Å². The molecule has 1 atom stereocenters. The van der Waals surface area contributed by atoms with Gasteiger partial charge in [0.15, 0.2) is 0 Å². The number of oxime groups is 1. The van der Waals surface area contributed by atoms with E-state index < -0.39 is 0 Å². The van der Waals surface area contributed by atoms with Gasteiger partial charge in [-0.1, -0.05) is 35.5 Å². The van der Waals surface area contributed by atoms with Crippen LogP contribution in [0.25, 0.3) is 0 Å². The highest BCUT2D eigenvalue weighted by Crippen LogP contribution is 2.08. The van der Waals surface area contributed by atoms with Crippen molar-refractivity contribution in [3.63, 3.8) is 0 Å². The smallest absolute Gasteiger partial charge is 0.122 e. The highest BCUT2D eigenvalue weighted by Gasteiger charge is 2.16. The summed E-state index contributed by atoms with van der Waals surface area (Å²) >= 11 is 0. The summed E-state index contributed by atoms with van der Waals surface area (Å²) < 4.78 is 0. The van der Waals surface area contributed by atoms with Gasteiger partial charge in [-0.15, -0.1) is 0 Å². The van der Waals surface area contributed by atoms with Gasteiger partial charge in [0.2, 0.25) is 0 Å². The number of nitrogens with two attached hydrogens (primary N) is 1. The second-order valence-corrected chi connectivity index (χ2v) is 3.46. The Bertz CT molecular complexity index is 321. The Kier molecular flexibility index (Phi) is 2.79. The quantitative estimate of drug-likeness (QED) is 0.781. The van der Waals surface area contributed by atoms with Crippen molar-refractivity contribution in [3.05, 3.63) is 35.9 Å². The van der Waals surface area contributed by atoms with Crippen LogP contribution >= 0.6 is 0 Å². The Morgan fingerprint density at radius 1 is 1.36 bits per heavy atom. The lowest BCUT2D eigenvalue weighted by Gasteiger charge is -2.09. The Balaban J connectivity index is 1.97. The first kappa shape index (κ1) is 9.21. The maximum Gasteiger partial charge on any atom is 0.122 e. The van der Waals surface area contributed by atoms with Crippen LogP contribution in [0, 0.1) is 0 Å². The molecule has 1 aliphatic rings. The molecule has 0 spiro atoms. The van der Waals surface area contributed by atoms with Crippen LogP contribution in [0.15, 0.2) is 35.5 Å². The molecule has 1 aromatic carbocycles. The Morgan fingerprint density at radius 3 is 2.79 bits per heavy atom. The molecule has 14 heavy (non-hydrogen) atoms. The Morgan fingerprint density at radius 2 is 2.14 bits per heavy atom. The first-order valence-electron chi connectivity index (χ1n) is 4.84. The Labute approximate surface area is 83.6 Å². The molecule has 0 saturated heterocycles. The number of rotatable bonds is 3. The van der Waals surface area contributed by atoms with Crippen molar-refractivity contribution in [1.82, 2.24) is 0 Å². The molecular formula is C11H14N2O. The highest BCUT2D eigenvalue weighted by molar-refractivity contribution is 5.90. The zero-order valence-corrected chi connectivity index (χ0v) is 8.02. The van der Waals surface area contributed by atoms with Crippen molar-refractivity contribution >= 4 is 5.71 Å². The first-order valence-corrected chi connectivity index (χ1v) is 4.84. The molecule has 3 nitrogen and oxygen atoms in total. The number of hydrogen-bond donors (Lipinski definition) is 1. The minimum Gasteiger partial charge on any atom is -0.395 e. The predicted molar refractivity (Wildman–Crippen MR) is 56.1 cm³/mol. The standard InChI is InChI=1S/C11H14N2O/c12-10(11-6-7-14-13-11)8-9-4-2-1-3-5-9/h1-5,10H,6-8,12H2. The van der Waals surface area contributed by atoms with Gasteiger partial charge in [0, 0.05) is 6.42 Å². The molecule has 1 heterocycles. The summed E-state index contributed by atoms with van der Waals surface area (Å²) in [6.07, 6.45) is 1.71. The molecule has 1 aromatic rings. The van der Waals surface area contributed by atoms with Crippen LogP contribution < -0.4 is 5.73 Å². The van der Waals surface area contributed by atoms with Gasteiger partial charge in [-0.05, 0) is 12.0 Å². The lowest BCUT2D eigenvalue weighted by Crippen LogP contribution is -2.31. The van der Waals surface area contributed by atoms with Crippen LogP contribution in [0.5, 0.6) is 0 Å². The molecule has 1 unspecified atom stereocenters. The van der Waals surface area contributed by atoms with Gasteiger partial charge >= 0.3 is 0 Å². The second-order valence-electron chi connectivity index (χ2n) is 3.46. The minimum atomic E-state index is -0.0000926. The molecule has 3 heteroatoms. The zero-order valence-electron chi connectivity index (χ0n) is 8.02. The van der Waals surface area contributed by atoms with E-state index >= 15 is 0 Å². The molecule has 0 bridgehead atoms. The van der Waals surface area contributed by atoms with Crippen LogP contribution in [0.4, 0.5) is 0 Å². The molecule has 0 amide bonds. The average Bonchev–Trinajstić information content (AvgIpc) is 2.72. The van der Waals surface area contributed by atoms with Crippen LogP contribution in [-0.4, -0.2) is 18.4 Å². The van der Waals surface area contributed by atoms with E-state index in [1.54, 1.807) is 0 Å². The first-order chi connectivity index (χ1) is 6.86.